The number of para-hydroxylation sites is 1. The zero-order valence-corrected chi connectivity index (χ0v) is 21.6. The highest BCUT2D eigenvalue weighted by atomic mass is 32.2. The molecule has 0 aliphatic heterocycles. The Labute approximate surface area is 212 Å². The number of aromatic nitrogens is 3. The van der Waals surface area contributed by atoms with E-state index >= 15 is 0 Å². The second kappa shape index (κ2) is 10.2. The number of anilines is 1. The number of halogens is 1. The predicted molar refractivity (Wildman–Crippen MR) is 133 cm³/mol. The van der Waals surface area contributed by atoms with Crippen molar-refractivity contribution in [1.82, 2.24) is 14.8 Å². The van der Waals surface area contributed by atoms with Crippen LogP contribution in [0.5, 0.6) is 11.5 Å². The Morgan fingerprint density at radius 3 is 2.30 bits per heavy atom. The highest BCUT2D eigenvalue weighted by molar-refractivity contribution is 7.92. The van der Waals surface area contributed by atoms with Crippen molar-refractivity contribution in [1.29, 1.82) is 0 Å². The first-order chi connectivity index (χ1) is 17.5. The molecule has 1 N–H and O–H groups in total. The zero-order valence-electron chi connectivity index (χ0n) is 20.0. The minimum absolute atomic E-state index is 0.165. The van der Waals surface area contributed by atoms with Crippen LogP contribution in [0.4, 0.5) is 10.3 Å². The second-order valence-electron chi connectivity index (χ2n) is 7.87. The van der Waals surface area contributed by atoms with Gasteiger partial charge in [-0.25, -0.2) is 21.2 Å². The van der Waals surface area contributed by atoms with Gasteiger partial charge in [-0.1, -0.05) is 12.1 Å². The fourth-order valence-corrected chi connectivity index (χ4v) is 5.67. The lowest BCUT2D eigenvalue weighted by Gasteiger charge is -2.17. The van der Waals surface area contributed by atoms with Gasteiger partial charge in [0, 0.05) is 6.26 Å². The molecule has 0 saturated heterocycles. The van der Waals surface area contributed by atoms with Crippen molar-refractivity contribution in [2.24, 2.45) is 0 Å². The van der Waals surface area contributed by atoms with Gasteiger partial charge in [-0.2, -0.15) is 0 Å². The number of hydrogen-bond acceptors (Lipinski definition) is 9. The normalized spacial score (nSPS) is 11.9. The minimum Gasteiger partial charge on any atom is -0.494 e. The highest BCUT2D eigenvalue weighted by Crippen LogP contribution is 2.37. The molecule has 0 spiro atoms. The van der Waals surface area contributed by atoms with Gasteiger partial charge >= 0.3 is 0 Å². The molecule has 37 heavy (non-hydrogen) atoms. The molecule has 0 radical (unpaired) electrons. The van der Waals surface area contributed by atoms with E-state index in [1.165, 1.54) is 31.1 Å². The molecule has 2 aromatic carbocycles. The summed E-state index contributed by atoms with van der Waals surface area (Å²) in [6, 6.07) is 11.5. The van der Waals surface area contributed by atoms with Crippen molar-refractivity contribution in [3.8, 4) is 28.8 Å². The quantitative estimate of drug-likeness (QED) is 0.315. The van der Waals surface area contributed by atoms with E-state index in [4.69, 9.17) is 13.9 Å². The van der Waals surface area contributed by atoms with Gasteiger partial charge in [0.15, 0.2) is 15.6 Å². The molecule has 14 heteroatoms. The fraction of sp³-hybridized carbons (Fsp3) is 0.217. The molecule has 0 bridgehead atoms. The van der Waals surface area contributed by atoms with Crippen LogP contribution in [0.2, 0.25) is 0 Å². The Kier molecular flexibility index (Phi) is 7.23. The van der Waals surface area contributed by atoms with Crippen LogP contribution in [0.25, 0.3) is 17.3 Å². The first-order valence-corrected chi connectivity index (χ1v) is 14.3. The molecule has 4 rings (SSSR count). The smallest absolute Gasteiger partial charge is 0.243 e. The van der Waals surface area contributed by atoms with Crippen molar-refractivity contribution in [2.75, 3.05) is 31.0 Å². The Balaban J connectivity index is 1.74. The average molecular weight is 551 g/mol. The number of nitrogens with zero attached hydrogens (tertiary/aromatic N) is 3. The molecule has 0 fully saturated rings. The van der Waals surface area contributed by atoms with E-state index < -0.39 is 31.4 Å². The van der Waals surface area contributed by atoms with Gasteiger partial charge < -0.3 is 13.9 Å². The van der Waals surface area contributed by atoms with Gasteiger partial charge in [0.2, 0.25) is 21.8 Å². The Morgan fingerprint density at radius 2 is 1.70 bits per heavy atom. The Morgan fingerprint density at radius 1 is 1.00 bits per heavy atom. The maximum atomic E-state index is 13.6. The van der Waals surface area contributed by atoms with E-state index in [1.54, 1.807) is 30.3 Å². The molecule has 0 aliphatic carbocycles. The summed E-state index contributed by atoms with van der Waals surface area (Å²) in [7, 11) is -5.00. The molecule has 2 heterocycles. The van der Waals surface area contributed by atoms with Crippen molar-refractivity contribution >= 4 is 25.8 Å². The van der Waals surface area contributed by atoms with Gasteiger partial charge in [-0.3, -0.25) is 9.29 Å². The van der Waals surface area contributed by atoms with Gasteiger partial charge in [-0.05, 0) is 48.4 Å². The number of ether oxygens (including phenoxy) is 2. The molecule has 0 unspecified atom stereocenters. The molecule has 11 nitrogen and oxygen atoms in total. The lowest BCUT2D eigenvalue weighted by molar-refractivity contribution is 0.391. The number of hydrogen-bond donors (Lipinski definition) is 1. The average Bonchev–Trinajstić information content (AvgIpc) is 3.52. The summed E-state index contributed by atoms with van der Waals surface area (Å²) < 4.78 is 84.2. The van der Waals surface area contributed by atoms with Gasteiger partial charge in [0.05, 0.1) is 31.1 Å². The van der Waals surface area contributed by atoms with Crippen molar-refractivity contribution in [2.45, 2.75) is 11.3 Å². The number of rotatable bonds is 10. The summed E-state index contributed by atoms with van der Waals surface area (Å²) in [5, 5.41) is 8.12. The Bertz CT molecular complexity index is 1610. The van der Waals surface area contributed by atoms with Crippen LogP contribution in [-0.2, 0) is 26.3 Å². The van der Waals surface area contributed by atoms with E-state index in [9.17, 15) is 21.2 Å². The van der Waals surface area contributed by atoms with Crippen LogP contribution >= 0.6 is 0 Å². The summed E-state index contributed by atoms with van der Waals surface area (Å²) in [4.78, 5) is -0.273. The molecule has 0 saturated carbocycles. The third kappa shape index (κ3) is 5.59. The molecular formula is C23H23FN4O7S2. The van der Waals surface area contributed by atoms with Crippen molar-refractivity contribution < 1.29 is 35.1 Å². The monoisotopic (exact) mass is 550 g/mol. The summed E-state index contributed by atoms with van der Waals surface area (Å²) in [6.45, 7) is 0. The number of sulfone groups is 1. The molecule has 0 amide bonds. The van der Waals surface area contributed by atoms with Gasteiger partial charge in [0.1, 0.15) is 23.0 Å². The summed E-state index contributed by atoms with van der Waals surface area (Å²) >= 11 is 0. The molecular weight excluding hydrogens is 527 g/mol. The molecule has 4 aromatic rings. The van der Waals surface area contributed by atoms with Crippen LogP contribution in [-0.4, -0.2) is 57.8 Å². The standard InChI is InChI=1S/C23H23FN4O7S2/c1-33-17-6-4-7-18(34-2)21(17)28-22(19-8-5-12-35-19)25-26-23(28)27-37(31,32)13-11-15-9-10-16(24)14-20(15)36(3,29)30/h4-10,12,14H,11,13H2,1-3H3,(H,26,27). The fourth-order valence-electron chi connectivity index (χ4n) is 3.69. The van der Waals surface area contributed by atoms with Crippen LogP contribution in [0.3, 0.4) is 0 Å². The van der Waals surface area contributed by atoms with Crippen LogP contribution in [0.1, 0.15) is 5.56 Å². The lowest BCUT2D eigenvalue weighted by Crippen LogP contribution is -2.21. The van der Waals surface area contributed by atoms with Gasteiger partial charge in [-0.15, -0.1) is 10.2 Å². The van der Waals surface area contributed by atoms with Crippen LogP contribution in [0.15, 0.2) is 64.1 Å². The van der Waals surface area contributed by atoms with E-state index in [0.29, 0.717) is 22.9 Å². The maximum absolute atomic E-state index is 13.6. The van der Waals surface area contributed by atoms with Crippen molar-refractivity contribution in [3.05, 3.63) is 66.2 Å². The van der Waals surface area contributed by atoms with Crippen molar-refractivity contribution in [3.63, 3.8) is 0 Å². The first-order valence-electron chi connectivity index (χ1n) is 10.7. The van der Waals surface area contributed by atoms with E-state index in [-0.39, 0.29) is 28.7 Å². The number of aryl methyl sites for hydroxylation is 1. The zero-order chi connectivity index (χ0) is 26.8. The predicted octanol–water partition coefficient (Wildman–Crippen LogP) is 3.07. The third-order valence-corrected chi connectivity index (χ3v) is 7.76. The number of nitrogens with one attached hydrogen (secondary N) is 1. The number of furan rings is 1. The largest absolute Gasteiger partial charge is 0.494 e. The number of methoxy groups -OCH3 is 2. The number of sulfonamides is 1. The molecule has 0 aliphatic rings. The molecule has 196 valence electrons. The summed E-state index contributed by atoms with van der Waals surface area (Å²) in [5.41, 5.74) is 0.484. The minimum atomic E-state index is -4.10. The summed E-state index contributed by atoms with van der Waals surface area (Å²) in [6.07, 6.45) is 2.16. The SMILES string of the molecule is COc1cccc(OC)c1-n1c(NS(=O)(=O)CCc2ccc(F)cc2S(C)(=O)=O)nnc1-c1ccco1. The summed E-state index contributed by atoms with van der Waals surface area (Å²) in [5.74, 6) is -0.287. The highest BCUT2D eigenvalue weighted by Gasteiger charge is 2.26. The number of benzene rings is 2. The van der Waals surface area contributed by atoms with E-state index in [0.717, 1.165) is 18.4 Å². The van der Waals surface area contributed by atoms with E-state index in [1.807, 2.05) is 0 Å². The van der Waals surface area contributed by atoms with Gasteiger partial charge in [0.25, 0.3) is 0 Å². The first kappa shape index (κ1) is 26.2. The third-order valence-electron chi connectivity index (χ3n) is 5.35. The van der Waals surface area contributed by atoms with Crippen LogP contribution < -0.4 is 14.2 Å². The Hall–Kier alpha value is -3.91. The molecule has 2 aromatic heterocycles. The van der Waals surface area contributed by atoms with Crippen LogP contribution in [0, 0.1) is 5.82 Å². The van der Waals surface area contributed by atoms with E-state index in [2.05, 4.69) is 14.9 Å². The topological polar surface area (TPSA) is 143 Å². The second-order valence-corrected chi connectivity index (χ2v) is 11.7. The maximum Gasteiger partial charge on any atom is 0.243 e. The molecule has 0 atom stereocenters. The lowest BCUT2D eigenvalue weighted by atomic mass is 10.2.